The van der Waals surface area contributed by atoms with Crippen molar-refractivity contribution in [2.45, 2.75) is 38.8 Å². The van der Waals surface area contributed by atoms with E-state index >= 15 is 0 Å². The van der Waals surface area contributed by atoms with E-state index < -0.39 is 11.0 Å². The summed E-state index contributed by atoms with van der Waals surface area (Å²) < 4.78 is 5.65. The van der Waals surface area contributed by atoms with Gasteiger partial charge < -0.3 is 26.4 Å². The van der Waals surface area contributed by atoms with E-state index in [1.165, 1.54) is 7.05 Å². The lowest BCUT2D eigenvalue weighted by Gasteiger charge is -2.57. The third-order valence-electron chi connectivity index (χ3n) is 4.84. The van der Waals surface area contributed by atoms with Crippen molar-refractivity contribution in [3.63, 3.8) is 0 Å². The molecule has 1 aliphatic rings. The molecule has 1 aromatic carbocycles. The van der Waals surface area contributed by atoms with Crippen molar-refractivity contribution in [2.75, 3.05) is 24.3 Å². The highest BCUT2D eigenvalue weighted by Gasteiger charge is 2.62. The highest BCUT2D eigenvalue weighted by atomic mass is 35.5. The van der Waals surface area contributed by atoms with Gasteiger partial charge in [0.2, 0.25) is 5.91 Å². The molecule has 0 bridgehead atoms. The topological polar surface area (TPSA) is 105 Å². The van der Waals surface area contributed by atoms with Crippen molar-refractivity contribution in [1.29, 1.82) is 0 Å². The Morgan fingerprint density at radius 3 is 2.40 bits per heavy atom. The van der Waals surface area contributed by atoms with Crippen LogP contribution in [0.1, 0.15) is 27.2 Å². The lowest BCUT2D eigenvalue weighted by atomic mass is 9.54. The molecule has 1 saturated carbocycles. The molecule has 0 aromatic heterocycles. The number of rotatable bonds is 5. The molecule has 5 N–H and O–H groups in total. The fourth-order valence-electron chi connectivity index (χ4n) is 2.93. The molecule has 0 saturated heterocycles. The number of urea groups is 1. The van der Waals surface area contributed by atoms with E-state index in [0.29, 0.717) is 24.4 Å². The van der Waals surface area contributed by atoms with Crippen LogP contribution in [0.15, 0.2) is 24.3 Å². The van der Waals surface area contributed by atoms with Crippen LogP contribution in [0.2, 0.25) is 0 Å². The van der Waals surface area contributed by atoms with Crippen LogP contribution < -0.4 is 21.7 Å². The van der Waals surface area contributed by atoms with Gasteiger partial charge in [-0.2, -0.15) is 0 Å². The van der Waals surface area contributed by atoms with Crippen LogP contribution in [0.5, 0.6) is 0 Å². The van der Waals surface area contributed by atoms with Crippen molar-refractivity contribution in [3.05, 3.63) is 24.3 Å². The van der Waals surface area contributed by atoms with Gasteiger partial charge in [-0.05, 0) is 25.1 Å². The minimum Gasteiger partial charge on any atom is -0.378 e. The van der Waals surface area contributed by atoms with Crippen molar-refractivity contribution >= 4 is 35.7 Å². The van der Waals surface area contributed by atoms with Crippen LogP contribution in [0.4, 0.5) is 16.2 Å². The Morgan fingerprint density at radius 1 is 1.28 bits per heavy atom. The van der Waals surface area contributed by atoms with Crippen LogP contribution in [0.3, 0.4) is 0 Å². The third-order valence-corrected chi connectivity index (χ3v) is 4.84. The zero-order chi connectivity index (χ0) is 18.0. The minimum atomic E-state index is -0.989. The monoisotopic (exact) mass is 370 g/mol. The molecule has 1 aliphatic carbocycles. The number of amides is 3. The molecule has 0 radical (unpaired) electrons. The summed E-state index contributed by atoms with van der Waals surface area (Å²) in [6.45, 7) is 6.41. The standard InChI is InChI=1S/C17H26N4O3.ClH/c1-5-24-13-10-17(18,16(13,2)3)14(22)20-11-7-6-8-12(9-11)21-15(23)19-4;/h6-9,13H,5,10,18H2,1-4H3,(H,20,22)(H2,19,21,23);1H. The Bertz CT molecular complexity index is 638. The van der Waals surface area contributed by atoms with E-state index in [4.69, 9.17) is 10.5 Å². The van der Waals surface area contributed by atoms with Crippen molar-refractivity contribution in [1.82, 2.24) is 5.32 Å². The number of hydrogen-bond donors (Lipinski definition) is 4. The first-order valence-corrected chi connectivity index (χ1v) is 8.05. The molecule has 1 aromatic rings. The summed E-state index contributed by atoms with van der Waals surface area (Å²) in [4.78, 5) is 24.0. The predicted molar refractivity (Wildman–Crippen MR) is 101 cm³/mol. The minimum absolute atomic E-state index is 0. The molecule has 0 spiro atoms. The smallest absolute Gasteiger partial charge is 0.318 e. The molecule has 0 heterocycles. The first-order valence-electron chi connectivity index (χ1n) is 8.05. The van der Waals surface area contributed by atoms with Crippen LogP contribution in [-0.2, 0) is 9.53 Å². The summed E-state index contributed by atoms with van der Waals surface area (Å²) in [6.07, 6.45) is 0.454. The number of hydrogen-bond acceptors (Lipinski definition) is 4. The van der Waals surface area contributed by atoms with Crippen LogP contribution in [0.25, 0.3) is 0 Å². The zero-order valence-electron chi connectivity index (χ0n) is 15.0. The van der Waals surface area contributed by atoms with Gasteiger partial charge in [0.15, 0.2) is 0 Å². The summed E-state index contributed by atoms with van der Waals surface area (Å²) in [5.41, 5.74) is 6.08. The van der Waals surface area contributed by atoms with Gasteiger partial charge >= 0.3 is 6.03 Å². The Hall–Kier alpha value is -1.83. The van der Waals surface area contributed by atoms with Crippen LogP contribution >= 0.6 is 12.4 Å². The van der Waals surface area contributed by atoms with Crippen molar-refractivity contribution < 1.29 is 14.3 Å². The van der Waals surface area contributed by atoms with E-state index in [0.717, 1.165) is 0 Å². The second-order valence-corrected chi connectivity index (χ2v) is 6.58. The number of benzene rings is 1. The Kier molecular flexibility index (Phi) is 6.82. The summed E-state index contributed by atoms with van der Waals surface area (Å²) in [7, 11) is 1.53. The highest BCUT2D eigenvalue weighted by molar-refractivity contribution is 6.00. The van der Waals surface area contributed by atoms with Gasteiger partial charge in [0.25, 0.3) is 0 Å². The number of ether oxygens (including phenoxy) is 1. The number of halogens is 1. The fraction of sp³-hybridized carbons (Fsp3) is 0.529. The molecule has 2 unspecified atom stereocenters. The highest BCUT2D eigenvalue weighted by Crippen LogP contribution is 2.50. The van der Waals surface area contributed by atoms with Gasteiger partial charge in [-0.1, -0.05) is 19.9 Å². The molecular weight excluding hydrogens is 344 g/mol. The molecule has 25 heavy (non-hydrogen) atoms. The van der Waals surface area contributed by atoms with Gasteiger partial charge in [0, 0.05) is 36.9 Å². The van der Waals surface area contributed by atoms with Crippen LogP contribution in [-0.4, -0.2) is 37.2 Å². The van der Waals surface area contributed by atoms with Gasteiger partial charge in [-0.25, -0.2) is 4.79 Å². The van der Waals surface area contributed by atoms with Gasteiger partial charge in [0.1, 0.15) is 5.54 Å². The SMILES string of the molecule is CCOC1CC(N)(C(=O)Nc2cccc(NC(=O)NC)c2)C1(C)C.Cl. The summed E-state index contributed by atoms with van der Waals surface area (Å²) in [6, 6.07) is 6.60. The molecule has 3 amide bonds. The second-order valence-electron chi connectivity index (χ2n) is 6.58. The maximum Gasteiger partial charge on any atom is 0.318 e. The Balaban J connectivity index is 0.00000312. The molecule has 2 rings (SSSR count). The van der Waals surface area contributed by atoms with E-state index in [-0.39, 0.29) is 30.4 Å². The van der Waals surface area contributed by atoms with Gasteiger partial charge in [-0.3, -0.25) is 4.79 Å². The lowest BCUT2D eigenvalue weighted by molar-refractivity contribution is -0.166. The molecule has 0 aliphatic heterocycles. The molecule has 140 valence electrons. The second kappa shape index (κ2) is 8.03. The first kappa shape index (κ1) is 21.2. The van der Waals surface area contributed by atoms with E-state index in [2.05, 4.69) is 16.0 Å². The number of carbonyl (C=O) groups is 2. The van der Waals surface area contributed by atoms with Crippen molar-refractivity contribution in [3.8, 4) is 0 Å². The number of anilines is 2. The maximum absolute atomic E-state index is 12.7. The van der Waals surface area contributed by atoms with Gasteiger partial charge in [0.05, 0.1) is 6.10 Å². The van der Waals surface area contributed by atoms with Crippen LogP contribution in [0, 0.1) is 5.41 Å². The lowest BCUT2D eigenvalue weighted by Crippen LogP contribution is -2.74. The zero-order valence-corrected chi connectivity index (χ0v) is 15.8. The fourth-order valence-corrected chi connectivity index (χ4v) is 2.93. The summed E-state index contributed by atoms with van der Waals surface area (Å²) in [5, 5.41) is 7.97. The Labute approximate surface area is 154 Å². The molecule has 8 heteroatoms. The number of carbonyl (C=O) groups excluding carboxylic acids is 2. The predicted octanol–water partition coefficient (Wildman–Crippen LogP) is 2.33. The molecule has 7 nitrogen and oxygen atoms in total. The summed E-state index contributed by atoms with van der Waals surface area (Å²) >= 11 is 0. The van der Waals surface area contributed by atoms with E-state index in [9.17, 15) is 9.59 Å². The van der Waals surface area contributed by atoms with E-state index in [1.807, 2.05) is 20.8 Å². The average molecular weight is 371 g/mol. The number of nitrogens with one attached hydrogen (secondary N) is 3. The first-order chi connectivity index (χ1) is 11.2. The molecule has 1 fully saturated rings. The quantitative estimate of drug-likeness (QED) is 0.638. The maximum atomic E-state index is 12.7. The normalized spacial score (nSPS) is 23.6. The average Bonchev–Trinajstić information content (AvgIpc) is 2.54. The van der Waals surface area contributed by atoms with Crippen molar-refractivity contribution in [2.24, 2.45) is 11.1 Å². The molecular formula is C17H27ClN4O3. The Morgan fingerprint density at radius 2 is 1.88 bits per heavy atom. The van der Waals surface area contributed by atoms with Gasteiger partial charge in [-0.15, -0.1) is 12.4 Å². The third kappa shape index (κ3) is 4.05. The summed E-state index contributed by atoms with van der Waals surface area (Å²) in [5.74, 6) is -0.249. The largest absolute Gasteiger partial charge is 0.378 e. The molecule has 2 atom stereocenters. The number of nitrogens with two attached hydrogens (primary N) is 1. The van der Waals surface area contributed by atoms with E-state index in [1.54, 1.807) is 24.3 Å².